The molecule has 0 radical (unpaired) electrons. The van der Waals surface area contributed by atoms with Crippen LogP contribution in [0.4, 0.5) is 0 Å². The molecule has 0 saturated heterocycles. The molecule has 0 fully saturated rings. The maximum Gasteiger partial charge on any atom is 2.00 e. The second kappa shape index (κ2) is 4.19. The number of benzene rings is 1. The van der Waals surface area contributed by atoms with Gasteiger partial charge in [0, 0.05) is 5.75 Å². The van der Waals surface area contributed by atoms with E-state index in [4.69, 9.17) is 5.11 Å². The van der Waals surface area contributed by atoms with Crippen molar-refractivity contribution in [3.63, 3.8) is 0 Å². The summed E-state index contributed by atoms with van der Waals surface area (Å²) in [5, 5.41) is 8.78. The summed E-state index contributed by atoms with van der Waals surface area (Å²) in [5.41, 5.74) is 0.387. The third-order valence-electron chi connectivity index (χ3n) is 1.10. The maximum atomic E-state index is 10.5. The zero-order chi connectivity index (χ0) is 7.56. The van der Waals surface area contributed by atoms with Crippen LogP contribution in [0.15, 0.2) is 18.2 Å². The molecule has 0 spiro atoms. The average molecular weight is 318 g/mol. The molecule has 0 saturated carbocycles. The predicted molar refractivity (Wildman–Crippen MR) is 36.6 cm³/mol. The summed E-state index contributed by atoms with van der Waals surface area (Å²) in [6.07, 6.45) is 0. The molecule has 0 aliphatic heterocycles. The summed E-state index contributed by atoms with van der Waals surface area (Å²) in [6, 6.07) is 6.81. The SMILES string of the molecule is [CH2-]C(=O)c1[c-]cc(O)cc1.[W+2]. The molecular formula is C8H6O2W. The standard InChI is InChI=1S/C8H6O2.W/c1-6(9)7-2-4-8(10)5-3-7;/h2,4-5,10H,1H2;/q-2;+2. The van der Waals surface area contributed by atoms with Crippen LogP contribution in [-0.4, -0.2) is 10.9 Å². The molecule has 56 valence electrons. The van der Waals surface area contributed by atoms with Gasteiger partial charge in [-0.25, -0.2) is 19.1 Å². The Morgan fingerprint density at radius 3 is 2.55 bits per heavy atom. The third kappa shape index (κ3) is 2.77. The van der Waals surface area contributed by atoms with Crippen LogP contribution in [0.3, 0.4) is 0 Å². The van der Waals surface area contributed by atoms with Gasteiger partial charge in [0.05, 0.1) is 0 Å². The van der Waals surface area contributed by atoms with Crippen LogP contribution < -0.4 is 0 Å². The largest absolute Gasteiger partial charge is 2.00 e. The Kier molecular flexibility index (Phi) is 3.91. The molecule has 0 aliphatic carbocycles. The normalized spacial score (nSPS) is 8.36. The van der Waals surface area contributed by atoms with Crippen molar-refractivity contribution in [1.29, 1.82) is 0 Å². The molecule has 2 nitrogen and oxygen atoms in total. The number of ketones is 1. The van der Waals surface area contributed by atoms with E-state index in [0.717, 1.165) is 0 Å². The van der Waals surface area contributed by atoms with E-state index in [-0.39, 0.29) is 32.6 Å². The van der Waals surface area contributed by atoms with Crippen molar-refractivity contribution in [2.45, 2.75) is 0 Å². The van der Waals surface area contributed by atoms with E-state index in [2.05, 4.69) is 13.0 Å². The minimum Gasteiger partial charge on any atom is -0.552 e. The molecule has 1 aromatic rings. The van der Waals surface area contributed by atoms with Crippen LogP contribution in [0.2, 0.25) is 0 Å². The smallest absolute Gasteiger partial charge is 0.552 e. The Labute approximate surface area is 79.5 Å². The van der Waals surface area contributed by atoms with Crippen LogP contribution in [-0.2, 0) is 21.1 Å². The quantitative estimate of drug-likeness (QED) is 0.624. The van der Waals surface area contributed by atoms with Crippen molar-refractivity contribution in [1.82, 2.24) is 0 Å². The first-order valence-corrected chi connectivity index (χ1v) is 2.77. The maximum absolute atomic E-state index is 10.5. The fourth-order valence-electron chi connectivity index (χ4n) is 0.590. The van der Waals surface area contributed by atoms with Crippen LogP contribution in [0, 0.1) is 13.0 Å². The number of rotatable bonds is 1. The van der Waals surface area contributed by atoms with E-state index < -0.39 is 0 Å². The molecule has 0 bridgehead atoms. The molecule has 1 aromatic carbocycles. The molecule has 1 rings (SSSR count). The monoisotopic (exact) mass is 318 g/mol. The third-order valence-corrected chi connectivity index (χ3v) is 1.10. The van der Waals surface area contributed by atoms with Gasteiger partial charge in [-0.2, -0.15) is 0 Å². The number of phenols is 1. The Bertz CT molecular complexity index is 241. The van der Waals surface area contributed by atoms with Gasteiger partial charge in [0.15, 0.2) is 0 Å². The molecule has 0 amide bonds. The molecule has 11 heavy (non-hydrogen) atoms. The summed E-state index contributed by atoms with van der Waals surface area (Å²) in [4.78, 5) is 10.5. The minimum absolute atomic E-state index is 0. The van der Waals surface area contributed by atoms with Gasteiger partial charge in [-0.15, -0.1) is 12.1 Å². The summed E-state index contributed by atoms with van der Waals surface area (Å²) in [6.45, 7) is 3.19. The van der Waals surface area contributed by atoms with Crippen LogP contribution >= 0.6 is 0 Å². The summed E-state index contributed by atoms with van der Waals surface area (Å²) >= 11 is 0. The second-order valence-electron chi connectivity index (χ2n) is 1.88. The second-order valence-corrected chi connectivity index (χ2v) is 1.88. The molecule has 0 atom stereocenters. The first-order valence-electron chi connectivity index (χ1n) is 2.77. The van der Waals surface area contributed by atoms with Crippen LogP contribution in [0.1, 0.15) is 10.4 Å². The number of hydrogen-bond acceptors (Lipinski definition) is 2. The Morgan fingerprint density at radius 2 is 2.18 bits per heavy atom. The molecule has 0 unspecified atom stereocenters. The van der Waals surface area contributed by atoms with E-state index in [1.165, 1.54) is 18.2 Å². The van der Waals surface area contributed by atoms with E-state index >= 15 is 0 Å². The van der Waals surface area contributed by atoms with Crippen molar-refractivity contribution in [3.8, 4) is 5.75 Å². The van der Waals surface area contributed by atoms with E-state index in [1.807, 2.05) is 0 Å². The molecule has 1 N–H and O–H groups in total. The van der Waals surface area contributed by atoms with Crippen LogP contribution in [0.25, 0.3) is 0 Å². The van der Waals surface area contributed by atoms with Gasteiger partial charge in [0.2, 0.25) is 0 Å². The first kappa shape index (κ1) is 10.2. The average Bonchev–Trinajstić information content (AvgIpc) is 1.88. The Morgan fingerprint density at radius 1 is 1.55 bits per heavy atom. The number of Topliss-reactive ketones (excluding diaryl/α,β-unsaturated/α-hetero) is 1. The van der Waals surface area contributed by atoms with E-state index in [0.29, 0.717) is 5.56 Å². The van der Waals surface area contributed by atoms with Gasteiger partial charge in [-0.3, -0.25) is 5.56 Å². The van der Waals surface area contributed by atoms with Crippen molar-refractivity contribution >= 4 is 5.78 Å². The van der Waals surface area contributed by atoms with Gasteiger partial charge in [0.1, 0.15) is 0 Å². The van der Waals surface area contributed by atoms with Crippen molar-refractivity contribution < 1.29 is 31.0 Å². The molecule has 0 aromatic heterocycles. The van der Waals surface area contributed by atoms with Gasteiger partial charge in [-0.05, 0) is 0 Å². The number of aromatic hydroxyl groups is 1. The minimum atomic E-state index is -0.292. The fourth-order valence-corrected chi connectivity index (χ4v) is 0.590. The molecule has 0 heterocycles. The van der Waals surface area contributed by atoms with Gasteiger partial charge in [0.25, 0.3) is 0 Å². The van der Waals surface area contributed by atoms with E-state index in [1.54, 1.807) is 0 Å². The van der Waals surface area contributed by atoms with Gasteiger partial charge in [-0.1, -0.05) is 5.78 Å². The number of hydrogen-bond donors (Lipinski definition) is 1. The predicted octanol–water partition coefficient (Wildman–Crippen LogP) is 1.21. The van der Waals surface area contributed by atoms with E-state index in [9.17, 15) is 4.79 Å². The summed E-state index contributed by atoms with van der Waals surface area (Å²) < 4.78 is 0. The summed E-state index contributed by atoms with van der Waals surface area (Å²) in [7, 11) is 0. The van der Waals surface area contributed by atoms with Crippen molar-refractivity contribution in [3.05, 3.63) is 36.8 Å². The topological polar surface area (TPSA) is 37.3 Å². The Hall–Kier alpha value is -0.752. The first-order chi connectivity index (χ1) is 4.70. The zero-order valence-corrected chi connectivity index (χ0v) is 8.64. The summed E-state index contributed by atoms with van der Waals surface area (Å²) in [5.74, 6) is -0.190. The molecule has 3 heteroatoms. The van der Waals surface area contributed by atoms with Gasteiger partial charge < -0.3 is 9.90 Å². The van der Waals surface area contributed by atoms with Crippen molar-refractivity contribution in [2.75, 3.05) is 0 Å². The molecular weight excluding hydrogens is 312 g/mol. The number of carbonyl (C=O) groups excluding carboxylic acids is 1. The Balaban J connectivity index is 0.000001000. The van der Waals surface area contributed by atoms with Gasteiger partial charge >= 0.3 is 21.1 Å². The number of phenolic OH excluding ortho intramolecular Hbond substituents is 1. The van der Waals surface area contributed by atoms with Crippen molar-refractivity contribution in [2.24, 2.45) is 0 Å². The molecule has 0 aliphatic rings. The zero-order valence-electron chi connectivity index (χ0n) is 5.70. The fraction of sp³-hybridized carbons (Fsp3) is 0. The van der Waals surface area contributed by atoms with Crippen LogP contribution in [0.5, 0.6) is 5.75 Å². The number of carbonyl (C=O) groups is 1.